The number of carbonyl (C=O) groups excluding carboxylic acids is 2. The summed E-state index contributed by atoms with van der Waals surface area (Å²) in [6, 6.07) is 19.7. The molecule has 6 heteroatoms. The van der Waals surface area contributed by atoms with Crippen LogP contribution in [0.2, 0.25) is 0 Å². The zero-order valence-electron chi connectivity index (χ0n) is 19.2. The molecule has 0 bridgehead atoms. The highest BCUT2D eigenvalue weighted by molar-refractivity contribution is 5.95. The molecule has 32 heavy (non-hydrogen) atoms. The van der Waals surface area contributed by atoms with E-state index < -0.39 is 0 Å². The summed E-state index contributed by atoms with van der Waals surface area (Å²) in [5.41, 5.74) is 1.72. The number of nitrogens with one attached hydrogen (secondary N) is 1. The van der Waals surface area contributed by atoms with Crippen LogP contribution in [0.5, 0.6) is 0 Å². The first kappa shape index (κ1) is 22.3. The summed E-state index contributed by atoms with van der Waals surface area (Å²) in [5.74, 6) is -0.0442. The highest BCUT2D eigenvalue weighted by Crippen LogP contribution is 2.44. The van der Waals surface area contributed by atoms with Crippen LogP contribution < -0.4 is 10.2 Å². The lowest BCUT2D eigenvalue weighted by Gasteiger charge is -2.29. The summed E-state index contributed by atoms with van der Waals surface area (Å²) in [7, 11) is 4.18. The van der Waals surface area contributed by atoms with Gasteiger partial charge in [0.2, 0.25) is 5.91 Å². The van der Waals surface area contributed by atoms with Crippen molar-refractivity contribution in [2.24, 2.45) is 11.3 Å². The Hall–Kier alpha value is -2.86. The molecule has 0 unspecified atom stereocenters. The SMILES string of the molecule is CN1CC[C@@]2(C1)CN(C(=O)c1ccccc1)C[C@H]2C(=O)NCCCN(C)c1ccccc1. The van der Waals surface area contributed by atoms with E-state index in [9.17, 15) is 9.59 Å². The molecular formula is C26H34N4O2. The molecule has 1 spiro atoms. The number of benzene rings is 2. The number of amides is 2. The molecule has 2 aromatic carbocycles. The topological polar surface area (TPSA) is 55.9 Å². The molecule has 2 heterocycles. The number of anilines is 1. The summed E-state index contributed by atoms with van der Waals surface area (Å²) in [6.45, 7) is 4.50. The van der Waals surface area contributed by atoms with Gasteiger partial charge in [0.15, 0.2) is 0 Å². The third-order valence-corrected chi connectivity index (χ3v) is 7.02. The minimum absolute atomic E-state index is 0.0271. The summed E-state index contributed by atoms with van der Waals surface area (Å²) < 4.78 is 0. The fourth-order valence-electron chi connectivity index (χ4n) is 5.23. The summed E-state index contributed by atoms with van der Waals surface area (Å²) in [6.07, 6.45) is 1.83. The van der Waals surface area contributed by atoms with Crippen LogP contribution in [0.3, 0.4) is 0 Å². The van der Waals surface area contributed by atoms with Crippen molar-refractivity contribution in [3.8, 4) is 0 Å². The molecule has 0 aliphatic carbocycles. The molecule has 2 atom stereocenters. The van der Waals surface area contributed by atoms with Crippen molar-refractivity contribution in [1.82, 2.24) is 15.1 Å². The van der Waals surface area contributed by atoms with E-state index in [1.807, 2.05) is 53.4 Å². The van der Waals surface area contributed by atoms with E-state index in [1.165, 1.54) is 5.69 Å². The van der Waals surface area contributed by atoms with Crippen molar-refractivity contribution in [3.63, 3.8) is 0 Å². The van der Waals surface area contributed by atoms with E-state index in [4.69, 9.17) is 0 Å². The zero-order valence-corrected chi connectivity index (χ0v) is 19.2. The maximum absolute atomic E-state index is 13.3. The number of para-hydroxylation sites is 1. The molecule has 2 fully saturated rings. The predicted molar refractivity (Wildman–Crippen MR) is 128 cm³/mol. The maximum atomic E-state index is 13.3. The molecule has 0 radical (unpaired) electrons. The van der Waals surface area contributed by atoms with Crippen LogP contribution in [0, 0.1) is 11.3 Å². The van der Waals surface area contributed by atoms with Crippen molar-refractivity contribution < 1.29 is 9.59 Å². The number of rotatable bonds is 7. The van der Waals surface area contributed by atoms with E-state index in [0.29, 0.717) is 25.2 Å². The van der Waals surface area contributed by atoms with Crippen LogP contribution in [0.1, 0.15) is 23.2 Å². The molecule has 2 aromatic rings. The summed E-state index contributed by atoms with van der Waals surface area (Å²) in [4.78, 5) is 32.7. The fraction of sp³-hybridized carbons (Fsp3) is 0.462. The van der Waals surface area contributed by atoms with Crippen molar-refractivity contribution in [2.45, 2.75) is 12.8 Å². The molecular weight excluding hydrogens is 400 g/mol. The molecule has 6 nitrogen and oxygen atoms in total. The molecule has 2 amide bonds. The Labute approximate surface area is 191 Å². The number of hydrogen-bond acceptors (Lipinski definition) is 4. The smallest absolute Gasteiger partial charge is 0.253 e. The second kappa shape index (κ2) is 9.74. The lowest BCUT2D eigenvalue weighted by molar-refractivity contribution is -0.127. The van der Waals surface area contributed by atoms with Crippen molar-refractivity contribution in [2.75, 3.05) is 58.3 Å². The Bertz CT molecular complexity index is 920. The second-order valence-corrected chi connectivity index (χ2v) is 9.36. The van der Waals surface area contributed by atoms with Gasteiger partial charge in [0, 0.05) is 56.4 Å². The molecule has 0 aromatic heterocycles. The largest absolute Gasteiger partial charge is 0.375 e. The number of nitrogens with zero attached hydrogens (tertiary/aromatic N) is 3. The van der Waals surface area contributed by atoms with Gasteiger partial charge in [0.25, 0.3) is 5.91 Å². The van der Waals surface area contributed by atoms with Gasteiger partial charge in [-0.15, -0.1) is 0 Å². The first-order chi connectivity index (χ1) is 15.5. The van der Waals surface area contributed by atoms with E-state index >= 15 is 0 Å². The molecule has 1 N–H and O–H groups in total. The predicted octanol–water partition coefficient (Wildman–Crippen LogP) is 2.72. The Kier molecular flexibility index (Phi) is 6.80. The molecule has 2 aliphatic rings. The van der Waals surface area contributed by atoms with Crippen LogP contribution >= 0.6 is 0 Å². The third-order valence-electron chi connectivity index (χ3n) is 7.02. The van der Waals surface area contributed by atoms with E-state index in [1.54, 1.807) is 0 Å². The Morgan fingerprint density at radius 1 is 1.06 bits per heavy atom. The lowest BCUT2D eigenvalue weighted by atomic mass is 9.76. The van der Waals surface area contributed by atoms with Crippen LogP contribution in [-0.2, 0) is 4.79 Å². The highest BCUT2D eigenvalue weighted by atomic mass is 16.2. The number of hydrogen-bond donors (Lipinski definition) is 1. The summed E-state index contributed by atoms with van der Waals surface area (Å²) >= 11 is 0. The van der Waals surface area contributed by atoms with Crippen LogP contribution in [0.4, 0.5) is 5.69 Å². The van der Waals surface area contributed by atoms with Gasteiger partial charge in [-0.1, -0.05) is 36.4 Å². The van der Waals surface area contributed by atoms with Crippen molar-refractivity contribution >= 4 is 17.5 Å². The summed E-state index contributed by atoms with van der Waals surface area (Å²) in [5, 5.41) is 3.17. The normalized spacial score (nSPS) is 22.9. The monoisotopic (exact) mass is 434 g/mol. The van der Waals surface area contributed by atoms with Crippen LogP contribution in [0.15, 0.2) is 60.7 Å². The fourth-order valence-corrected chi connectivity index (χ4v) is 5.23. The van der Waals surface area contributed by atoms with Gasteiger partial charge >= 0.3 is 0 Å². The van der Waals surface area contributed by atoms with Gasteiger partial charge in [-0.2, -0.15) is 0 Å². The first-order valence-corrected chi connectivity index (χ1v) is 11.6. The van der Waals surface area contributed by atoms with Gasteiger partial charge in [0.05, 0.1) is 5.92 Å². The number of likely N-dealkylation sites (tertiary alicyclic amines) is 2. The van der Waals surface area contributed by atoms with E-state index in [2.05, 4.69) is 41.3 Å². The van der Waals surface area contributed by atoms with Gasteiger partial charge < -0.3 is 20.0 Å². The van der Waals surface area contributed by atoms with Gasteiger partial charge in [0.1, 0.15) is 0 Å². The quantitative estimate of drug-likeness (QED) is 0.681. The van der Waals surface area contributed by atoms with Crippen LogP contribution in [0.25, 0.3) is 0 Å². The third kappa shape index (κ3) is 4.80. The number of carbonyl (C=O) groups is 2. The van der Waals surface area contributed by atoms with Gasteiger partial charge in [-0.3, -0.25) is 9.59 Å². The van der Waals surface area contributed by atoms with Crippen molar-refractivity contribution in [3.05, 3.63) is 66.2 Å². The average Bonchev–Trinajstić information content (AvgIpc) is 3.39. The van der Waals surface area contributed by atoms with E-state index in [0.717, 1.165) is 32.5 Å². The molecule has 2 aliphatic heterocycles. The van der Waals surface area contributed by atoms with Gasteiger partial charge in [-0.25, -0.2) is 0 Å². The van der Waals surface area contributed by atoms with Crippen molar-refractivity contribution in [1.29, 1.82) is 0 Å². The average molecular weight is 435 g/mol. The molecule has 4 rings (SSSR count). The highest BCUT2D eigenvalue weighted by Gasteiger charge is 2.53. The van der Waals surface area contributed by atoms with Crippen LogP contribution in [-0.4, -0.2) is 75.0 Å². The van der Waals surface area contributed by atoms with Gasteiger partial charge in [-0.05, 0) is 50.7 Å². The Morgan fingerprint density at radius 3 is 2.41 bits per heavy atom. The maximum Gasteiger partial charge on any atom is 0.253 e. The lowest BCUT2D eigenvalue weighted by Crippen LogP contribution is -2.43. The zero-order chi connectivity index (χ0) is 22.6. The minimum atomic E-state index is -0.160. The standard InChI is InChI=1S/C26H34N4O2/c1-28-17-14-26(19-28)20-30(25(32)21-10-5-3-6-11-21)18-23(26)24(31)27-15-9-16-29(2)22-12-7-4-8-13-22/h3-8,10-13,23H,9,14-20H2,1-2H3,(H,27,31)/t23-,26+/m0/s1. The molecule has 0 saturated carbocycles. The Morgan fingerprint density at radius 2 is 1.75 bits per heavy atom. The first-order valence-electron chi connectivity index (χ1n) is 11.6. The Balaban J connectivity index is 1.36. The molecule has 170 valence electrons. The molecule has 2 saturated heterocycles. The second-order valence-electron chi connectivity index (χ2n) is 9.36. The minimum Gasteiger partial charge on any atom is -0.375 e. The van der Waals surface area contributed by atoms with E-state index in [-0.39, 0.29) is 23.1 Å².